The predicted octanol–water partition coefficient (Wildman–Crippen LogP) is 2.36. The van der Waals surface area contributed by atoms with E-state index in [1.807, 2.05) is 23.6 Å². The van der Waals surface area contributed by atoms with Crippen LogP contribution in [0.1, 0.15) is 5.82 Å². The standard InChI is InChI=1S/C12H9N3OS/c1-7-14-10-8(9-4-2-3-5-13-9)6-17-11(10)12(16)15-7/h2-6H,1H3,(H,14,15,16). The second-order valence-electron chi connectivity index (χ2n) is 3.69. The zero-order valence-corrected chi connectivity index (χ0v) is 9.91. The van der Waals surface area contributed by atoms with E-state index in [1.54, 1.807) is 13.1 Å². The van der Waals surface area contributed by atoms with Gasteiger partial charge in [-0.25, -0.2) is 4.98 Å². The molecule has 0 aromatic carbocycles. The number of aromatic nitrogens is 3. The van der Waals surface area contributed by atoms with E-state index in [2.05, 4.69) is 15.0 Å². The van der Waals surface area contributed by atoms with Crippen LogP contribution in [0.4, 0.5) is 0 Å². The predicted molar refractivity (Wildman–Crippen MR) is 68.2 cm³/mol. The minimum atomic E-state index is -0.0836. The molecule has 0 saturated heterocycles. The van der Waals surface area contributed by atoms with Gasteiger partial charge < -0.3 is 4.98 Å². The molecule has 3 rings (SSSR count). The molecule has 1 N–H and O–H groups in total. The molecule has 0 radical (unpaired) electrons. The van der Waals surface area contributed by atoms with Crippen LogP contribution in [0.5, 0.6) is 0 Å². The van der Waals surface area contributed by atoms with Crippen molar-refractivity contribution in [2.45, 2.75) is 6.92 Å². The SMILES string of the molecule is Cc1nc2c(-c3ccccn3)csc2c(=O)[nH]1. The molecule has 0 atom stereocenters. The highest BCUT2D eigenvalue weighted by Gasteiger charge is 2.11. The largest absolute Gasteiger partial charge is 0.310 e. The summed E-state index contributed by atoms with van der Waals surface area (Å²) in [5.41, 5.74) is 2.41. The summed E-state index contributed by atoms with van der Waals surface area (Å²) in [5, 5.41) is 1.93. The van der Waals surface area contributed by atoms with Gasteiger partial charge in [-0.15, -0.1) is 11.3 Å². The van der Waals surface area contributed by atoms with E-state index >= 15 is 0 Å². The molecule has 0 fully saturated rings. The average Bonchev–Trinajstić information content (AvgIpc) is 2.74. The van der Waals surface area contributed by atoms with E-state index < -0.39 is 0 Å². The van der Waals surface area contributed by atoms with Crippen molar-refractivity contribution in [2.75, 3.05) is 0 Å². The number of fused-ring (bicyclic) bond motifs is 1. The molecule has 17 heavy (non-hydrogen) atoms. The van der Waals surface area contributed by atoms with Gasteiger partial charge >= 0.3 is 0 Å². The smallest absolute Gasteiger partial charge is 0.268 e. The van der Waals surface area contributed by atoms with Crippen LogP contribution in [0.2, 0.25) is 0 Å². The van der Waals surface area contributed by atoms with Crippen LogP contribution >= 0.6 is 11.3 Å². The molecule has 0 spiro atoms. The van der Waals surface area contributed by atoms with E-state index in [4.69, 9.17) is 0 Å². The Morgan fingerprint density at radius 1 is 1.35 bits per heavy atom. The maximum Gasteiger partial charge on any atom is 0.268 e. The highest BCUT2D eigenvalue weighted by molar-refractivity contribution is 7.17. The number of hydrogen-bond donors (Lipinski definition) is 1. The fourth-order valence-corrected chi connectivity index (χ4v) is 2.64. The van der Waals surface area contributed by atoms with E-state index in [9.17, 15) is 4.79 Å². The van der Waals surface area contributed by atoms with Gasteiger partial charge in [-0.2, -0.15) is 0 Å². The maximum absolute atomic E-state index is 11.7. The minimum absolute atomic E-state index is 0.0836. The first-order valence-electron chi connectivity index (χ1n) is 5.15. The lowest BCUT2D eigenvalue weighted by molar-refractivity contribution is 1.06. The van der Waals surface area contributed by atoms with E-state index in [1.165, 1.54) is 11.3 Å². The molecule has 0 aliphatic heterocycles. The van der Waals surface area contributed by atoms with Crippen LogP contribution in [0, 0.1) is 6.92 Å². The Bertz CT molecular complexity index is 730. The maximum atomic E-state index is 11.7. The van der Waals surface area contributed by atoms with Crippen molar-refractivity contribution in [2.24, 2.45) is 0 Å². The quantitative estimate of drug-likeness (QED) is 0.713. The number of nitrogens with zero attached hydrogens (tertiary/aromatic N) is 2. The molecule has 0 aliphatic carbocycles. The molecule has 0 aliphatic rings. The first-order chi connectivity index (χ1) is 8.25. The van der Waals surface area contributed by atoms with Gasteiger partial charge in [-0.1, -0.05) is 6.07 Å². The van der Waals surface area contributed by atoms with Crippen molar-refractivity contribution in [3.8, 4) is 11.3 Å². The second-order valence-corrected chi connectivity index (χ2v) is 4.57. The molecule has 5 heteroatoms. The van der Waals surface area contributed by atoms with Crippen molar-refractivity contribution < 1.29 is 0 Å². The van der Waals surface area contributed by atoms with Crippen LogP contribution in [-0.2, 0) is 0 Å². The monoisotopic (exact) mass is 243 g/mol. The number of thiophene rings is 1. The van der Waals surface area contributed by atoms with Crippen molar-refractivity contribution >= 4 is 21.6 Å². The van der Waals surface area contributed by atoms with E-state index in [-0.39, 0.29) is 5.56 Å². The topological polar surface area (TPSA) is 58.6 Å². The summed E-state index contributed by atoms with van der Waals surface area (Å²) < 4.78 is 0.649. The third-order valence-corrected chi connectivity index (χ3v) is 3.45. The number of H-pyrrole nitrogens is 1. The summed E-state index contributed by atoms with van der Waals surface area (Å²) in [6, 6.07) is 5.70. The molecule has 3 heterocycles. The lowest BCUT2D eigenvalue weighted by Gasteiger charge is -1.98. The minimum Gasteiger partial charge on any atom is -0.310 e. The van der Waals surface area contributed by atoms with Gasteiger partial charge in [0.25, 0.3) is 5.56 Å². The summed E-state index contributed by atoms with van der Waals surface area (Å²) in [7, 11) is 0. The first-order valence-corrected chi connectivity index (χ1v) is 6.03. The summed E-state index contributed by atoms with van der Waals surface area (Å²) in [5.74, 6) is 0.623. The lowest BCUT2D eigenvalue weighted by atomic mass is 10.2. The van der Waals surface area contributed by atoms with Crippen LogP contribution in [0.25, 0.3) is 21.5 Å². The molecule has 0 amide bonds. The number of nitrogens with one attached hydrogen (secondary N) is 1. The van der Waals surface area contributed by atoms with E-state index in [0.717, 1.165) is 16.8 Å². The van der Waals surface area contributed by atoms with Crippen molar-refractivity contribution in [1.82, 2.24) is 15.0 Å². The second kappa shape index (κ2) is 3.78. The third-order valence-electron chi connectivity index (χ3n) is 2.49. The molecular formula is C12H9N3OS. The van der Waals surface area contributed by atoms with Gasteiger partial charge in [0, 0.05) is 17.1 Å². The van der Waals surface area contributed by atoms with Gasteiger partial charge in [0.15, 0.2) is 0 Å². The van der Waals surface area contributed by atoms with Crippen LogP contribution < -0.4 is 5.56 Å². The highest BCUT2D eigenvalue weighted by Crippen LogP contribution is 2.29. The fraction of sp³-hybridized carbons (Fsp3) is 0.0833. The van der Waals surface area contributed by atoms with Crippen molar-refractivity contribution in [1.29, 1.82) is 0 Å². The Labute approximate surface area is 101 Å². The van der Waals surface area contributed by atoms with Gasteiger partial charge in [-0.3, -0.25) is 9.78 Å². The third kappa shape index (κ3) is 1.64. The summed E-state index contributed by atoms with van der Waals surface area (Å²) >= 11 is 1.40. The zero-order valence-electron chi connectivity index (χ0n) is 9.10. The number of rotatable bonds is 1. The summed E-state index contributed by atoms with van der Waals surface area (Å²) in [6.45, 7) is 1.78. The Hall–Kier alpha value is -2.01. The number of hydrogen-bond acceptors (Lipinski definition) is 4. The van der Waals surface area contributed by atoms with E-state index in [0.29, 0.717) is 10.5 Å². The van der Waals surface area contributed by atoms with Gasteiger partial charge in [0.2, 0.25) is 0 Å². The average molecular weight is 243 g/mol. The highest BCUT2D eigenvalue weighted by atomic mass is 32.1. The molecule has 4 nitrogen and oxygen atoms in total. The Kier molecular flexibility index (Phi) is 2.26. The van der Waals surface area contributed by atoms with Gasteiger partial charge in [0.05, 0.1) is 11.2 Å². The molecule has 3 aromatic rings. The van der Waals surface area contributed by atoms with Crippen LogP contribution in [0.15, 0.2) is 34.6 Å². The number of aryl methyl sites for hydroxylation is 1. The van der Waals surface area contributed by atoms with Gasteiger partial charge in [0.1, 0.15) is 10.5 Å². The lowest BCUT2D eigenvalue weighted by Crippen LogP contribution is -2.07. The molecule has 0 bridgehead atoms. The zero-order chi connectivity index (χ0) is 11.8. The van der Waals surface area contributed by atoms with Crippen LogP contribution in [0.3, 0.4) is 0 Å². The van der Waals surface area contributed by atoms with Gasteiger partial charge in [-0.05, 0) is 19.1 Å². The molecule has 0 saturated carbocycles. The normalized spacial score (nSPS) is 10.9. The Morgan fingerprint density at radius 2 is 2.24 bits per heavy atom. The Morgan fingerprint density at radius 3 is 3.00 bits per heavy atom. The van der Waals surface area contributed by atoms with Crippen LogP contribution in [-0.4, -0.2) is 15.0 Å². The van der Waals surface area contributed by atoms with Crippen molar-refractivity contribution in [3.63, 3.8) is 0 Å². The molecule has 84 valence electrons. The number of aromatic amines is 1. The van der Waals surface area contributed by atoms with Crippen molar-refractivity contribution in [3.05, 3.63) is 46.0 Å². The number of pyridine rings is 1. The summed E-state index contributed by atoms with van der Waals surface area (Å²) in [6.07, 6.45) is 1.73. The summed E-state index contributed by atoms with van der Waals surface area (Å²) in [4.78, 5) is 23.1. The molecule has 0 unspecified atom stereocenters. The molecular weight excluding hydrogens is 234 g/mol. The fourth-order valence-electron chi connectivity index (χ4n) is 1.74. The molecule has 3 aromatic heterocycles. The first kappa shape index (κ1) is 10.2. The Balaban J connectivity index is 2.36.